The molecule has 2 aromatic rings. The van der Waals surface area contributed by atoms with Gasteiger partial charge in [0.1, 0.15) is 10.3 Å². The van der Waals surface area contributed by atoms with E-state index >= 15 is 0 Å². The molecule has 0 atom stereocenters. The summed E-state index contributed by atoms with van der Waals surface area (Å²) in [5, 5.41) is 2.87. The summed E-state index contributed by atoms with van der Waals surface area (Å²) in [4.78, 5) is 19.8. The van der Waals surface area contributed by atoms with E-state index in [2.05, 4.69) is 63.1 Å². The molecule has 0 fully saturated rings. The highest BCUT2D eigenvalue weighted by molar-refractivity contribution is 9.11. The fraction of sp³-hybridized carbons (Fsp3) is 0.353. The van der Waals surface area contributed by atoms with E-state index in [1.807, 2.05) is 40.7 Å². The third-order valence-electron chi connectivity index (χ3n) is 2.78. The van der Waals surface area contributed by atoms with Crippen LogP contribution >= 0.6 is 47.8 Å². The Morgan fingerprint density at radius 3 is 1.88 bits per heavy atom. The zero-order chi connectivity index (χ0) is 18.5. The number of nitrogens with zero attached hydrogens (tertiary/aromatic N) is 2. The summed E-state index contributed by atoms with van der Waals surface area (Å²) in [6, 6.07) is 3.73. The fourth-order valence-electron chi connectivity index (χ4n) is 1.57. The predicted molar refractivity (Wildman–Crippen MR) is 108 cm³/mol. The highest BCUT2D eigenvalue weighted by Crippen LogP contribution is 2.17. The summed E-state index contributed by atoms with van der Waals surface area (Å²) >= 11 is 9.96. The van der Waals surface area contributed by atoms with Crippen LogP contribution in [0.25, 0.3) is 0 Å². The van der Waals surface area contributed by atoms with E-state index in [0.717, 1.165) is 19.1 Å². The van der Waals surface area contributed by atoms with Gasteiger partial charge in [0.15, 0.2) is 0 Å². The maximum Gasteiger partial charge on any atom is 0.270 e. The molecule has 0 aromatic carbocycles. The van der Waals surface area contributed by atoms with Gasteiger partial charge in [-0.25, -0.2) is 9.97 Å². The lowest BCUT2D eigenvalue weighted by molar-refractivity contribution is 0.0914. The van der Waals surface area contributed by atoms with Crippen molar-refractivity contribution >= 4 is 53.7 Å². The molecule has 1 amide bonds. The van der Waals surface area contributed by atoms with Crippen molar-refractivity contribution in [2.24, 2.45) is 0 Å². The van der Waals surface area contributed by atoms with Crippen molar-refractivity contribution in [2.75, 3.05) is 0 Å². The summed E-state index contributed by atoms with van der Waals surface area (Å²) in [6.07, 6.45) is 3.42. The van der Waals surface area contributed by atoms with E-state index in [4.69, 9.17) is 0 Å². The summed E-state index contributed by atoms with van der Waals surface area (Å²) < 4.78 is 2.84. The van der Waals surface area contributed by atoms with Crippen LogP contribution < -0.4 is 5.32 Å². The van der Waals surface area contributed by atoms with E-state index in [1.165, 1.54) is 5.56 Å². The summed E-state index contributed by atoms with van der Waals surface area (Å²) in [5.41, 5.74) is 2.41. The quantitative estimate of drug-likeness (QED) is 0.497. The second kappa shape index (κ2) is 9.06. The first kappa shape index (κ1) is 21.3. The van der Waals surface area contributed by atoms with Gasteiger partial charge in [0.05, 0.1) is 0 Å². The van der Waals surface area contributed by atoms with E-state index < -0.39 is 0 Å². The zero-order valence-corrected chi connectivity index (χ0v) is 19.0. The lowest BCUT2D eigenvalue weighted by atomic mass is 10.1. The Kier molecular flexibility index (Phi) is 8.02. The minimum Gasteiger partial charge on any atom is -0.346 e. The molecule has 2 heterocycles. The molecule has 0 saturated carbocycles. The van der Waals surface area contributed by atoms with Gasteiger partial charge in [-0.15, -0.1) is 0 Å². The fourth-order valence-corrected chi connectivity index (χ4v) is 2.45. The Morgan fingerprint density at radius 2 is 1.46 bits per heavy atom. The number of amides is 1. The standard InChI is InChI=1S/C11H15BrN2O.C6H5Br2N/c1-7-5-9(13-6-8(7)12)10(15)14-11(2,3)4;1-4-2-6(8)9-3-5(4)7/h5-6H,1-4H3,(H,14,15);2-3H,1H3. The van der Waals surface area contributed by atoms with Crippen LogP contribution in [0, 0.1) is 13.8 Å². The second-order valence-corrected chi connectivity index (χ2v) is 8.80. The predicted octanol–water partition coefficient (Wildman–Crippen LogP) is 5.60. The summed E-state index contributed by atoms with van der Waals surface area (Å²) in [7, 11) is 0. The highest BCUT2D eigenvalue weighted by atomic mass is 79.9. The van der Waals surface area contributed by atoms with Gasteiger partial charge >= 0.3 is 0 Å². The number of hydrogen-bond acceptors (Lipinski definition) is 3. The Labute approximate surface area is 168 Å². The third-order valence-corrected chi connectivity index (χ3v) is 4.88. The maximum atomic E-state index is 11.7. The van der Waals surface area contributed by atoms with Crippen LogP contribution in [-0.4, -0.2) is 21.4 Å². The monoisotopic (exact) mass is 519 g/mol. The Hall–Kier alpha value is -0.790. The highest BCUT2D eigenvalue weighted by Gasteiger charge is 2.16. The van der Waals surface area contributed by atoms with E-state index in [-0.39, 0.29) is 11.4 Å². The van der Waals surface area contributed by atoms with Crippen LogP contribution in [0.2, 0.25) is 0 Å². The van der Waals surface area contributed by atoms with E-state index in [1.54, 1.807) is 18.5 Å². The number of rotatable bonds is 1. The molecular formula is C17H20Br3N3O. The number of aryl methyl sites for hydroxylation is 2. The first-order chi connectivity index (χ1) is 11.0. The molecule has 2 aromatic heterocycles. The Morgan fingerprint density at radius 1 is 0.958 bits per heavy atom. The molecule has 24 heavy (non-hydrogen) atoms. The van der Waals surface area contributed by atoms with Crippen LogP contribution in [-0.2, 0) is 0 Å². The topological polar surface area (TPSA) is 54.9 Å². The lowest BCUT2D eigenvalue weighted by Gasteiger charge is -2.20. The molecule has 0 aliphatic rings. The maximum absolute atomic E-state index is 11.7. The van der Waals surface area contributed by atoms with Gasteiger partial charge in [0.25, 0.3) is 5.91 Å². The molecule has 7 heteroatoms. The minimum absolute atomic E-state index is 0.141. The Balaban J connectivity index is 0.000000272. The normalized spacial score (nSPS) is 10.7. The molecule has 4 nitrogen and oxygen atoms in total. The molecule has 0 spiro atoms. The number of aromatic nitrogens is 2. The molecule has 0 radical (unpaired) electrons. The molecule has 0 bridgehead atoms. The van der Waals surface area contributed by atoms with Gasteiger partial charge < -0.3 is 5.32 Å². The summed E-state index contributed by atoms with van der Waals surface area (Å²) in [6.45, 7) is 9.78. The number of carbonyl (C=O) groups excluding carboxylic acids is 1. The largest absolute Gasteiger partial charge is 0.346 e. The van der Waals surface area contributed by atoms with Gasteiger partial charge in [0, 0.05) is 26.9 Å². The molecular weight excluding hydrogens is 502 g/mol. The molecule has 1 N–H and O–H groups in total. The van der Waals surface area contributed by atoms with Crippen LogP contribution in [0.4, 0.5) is 0 Å². The first-order valence-corrected chi connectivity index (χ1v) is 9.60. The van der Waals surface area contributed by atoms with Gasteiger partial charge in [-0.1, -0.05) is 0 Å². The zero-order valence-electron chi connectivity index (χ0n) is 14.2. The molecule has 0 aliphatic heterocycles. The van der Waals surface area contributed by atoms with Crippen LogP contribution in [0.15, 0.2) is 38.1 Å². The lowest BCUT2D eigenvalue weighted by Crippen LogP contribution is -2.40. The SMILES string of the molecule is Cc1cc(Br)ncc1Br.Cc1cc(C(=O)NC(C)(C)C)ncc1Br. The minimum atomic E-state index is -0.236. The Bertz CT molecular complexity index is 728. The van der Waals surface area contributed by atoms with Crippen LogP contribution in [0.1, 0.15) is 42.4 Å². The van der Waals surface area contributed by atoms with Crippen molar-refractivity contribution in [2.45, 2.75) is 40.2 Å². The molecule has 2 rings (SSSR count). The van der Waals surface area contributed by atoms with Crippen molar-refractivity contribution in [3.63, 3.8) is 0 Å². The van der Waals surface area contributed by atoms with Crippen molar-refractivity contribution < 1.29 is 4.79 Å². The number of nitrogens with one attached hydrogen (secondary N) is 1. The summed E-state index contributed by atoms with van der Waals surface area (Å²) in [5.74, 6) is -0.141. The first-order valence-electron chi connectivity index (χ1n) is 7.22. The van der Waals surface area contributed by atoms with Crippen LogP contribution in [0.3, 0.4) is 0 Å². The van der Waals surface area contributed by atoms with Crippen molar-refractivity contribution in [3.05, 3.63) is 54.9 Å². The van der Waals surface area contributed by atoms with Crippen molar-refractivity contribution in [1.82, 2.24) is 15.3 Å². The number of hydrogen-bond donors (Lipinski definition) is 1. The van der Waals surface area contributed by atoms with Gasteiger partial charge in [-0.2, -0.15) is 0 Å². The number of pyridine rings is 2. The smallest absolute Gasteiger partial charge is 0.270 e. The molecule has 0 unspecified atom stereocenters. The molecule has 130 valence electrons. The van der Waals surface area contributed by atoms with Gasteiger partial charge in [0.2, 0.25) is 0 Å². The number of carbonyl (C=O) groups is 1. The van der Waals surface area contributed by atoms with Crippen molar-refractivity contribution in [3.8, 4) is 0 Å². The average molecular weight is 522 g/mol. The van der Waals surface area contributed by atoms with Crippen LogP contribution in [0.5, 0.6) is 0 Å². The van der Waals surface area contributed by atoms with E-state index in [9.17, 15) is 4.79 Å². The number of halogens is 3. The van der Waals surface area contributed by atoms with Crippen molar-refractivity contribution in [1.29, 1.82) is 0 Å². The molecule has 0 saturated heterocycles. The second-order valence-electron chi connectivity index (χ2n) is 6.28. The third kappa shape index (κ3) is 7.40. The van der Waals surface area contributed by atoms with Gasteiger partial charge in [-0.3, -0.25) is 4.79 Å². The van der Waals surface area contributed by atoms with E-state index in [0.29, 0.717) is 5.69 Å². The average Bonchev–Trinajstić information content (AvgIpc) is 2.45. The van der Waals surface area contributed by atoms with Gasteiger partial charge in [-0.05, 0) is 106 Å². The molecule has 0 aliphatic carbocycles.